The molecule has 0 spiro atoms. The third-order valence-electron chi connectivity index (χ3n) is 3.35. The first-order valence-corrected chi connectivity index (χ1v) is 7.07. The fraction of sp³-hybridized carbons (Fsp3) is 0.231. The molecule has 0 atom stereocenters. The fourth-order valence-corrected chi connectivity index (χ4v) is 2.75. The van der Waals surface area contributed by atoms with E-state index in [2.05, 4.69) is 60.3 Å². The van der Waals surface area contributed by atoms with Crippen molar-refractivity contribution in [1.82, 2.24) is 9.97 Å². The van der Waals surface area contributed by atoms with E-state index < -0.39 is 0 Å². The first-order valence-electron chi connectivity index (χ1n) is 6.27. The zero-order valence-corrected chi connectivity index (χ0v) is 12.6. The Balaban J connectivity index is 2.10. The standard InChI is InChI=1S/C13H15BrN6/c1-19-6-7-20(11-5-3-2-4-10(11)19)12-9(14)8-16-13(17-12)18-15/h2-5,8H,6-7,15H2,1H3,(H,16,17,18). The minimum atomic E-state index is 0.402. The molecule has 0 unspecified atom stereocenters. The van der Waals surface area contributed by atoms with Gasteiger partial charge in [0.05, 0.1) is 15.8 Å². The third-order valence-corrected chi connectivity index (χ3v) is 3.91. The molecule has 1 aliphatic rings. The van der Waals surface area contributed by atoms with Crippen molar-refractivity contribution in [2.75, 3.05) is 35.4 Å². The van der Waals surface area contributed by atoms with E-state index in [1.807, 2.05) is 12.1 Å². The van der Waals surface area contributed by atoms with Gasteiger partial charge >= 0.3 is 0 Å². The number of anilines is 4. The van der Waals surface area contributed by atoms with Crippen LogP contribution in [0, 0.1) is 0 Å². The molecule has 0 amide bonds. The van der Waals surface area contributed by atoms with Crippen LogP contribution in [-0.4, -0.2) is 30.1 Å². The molecule has 1 aromatic heterocycles. The molecule has 0 saturated carbocycles. The summed E-state index contributed by atoms with van der Waals surface area (Å²) in [5.41, 5.74) is 4.80. The number of hydrazine groups is 1. The lowest BCUT2D eigenvalue weighted by Crippen LogP contribution is -2.37. The number of nitrogens with zero attached hydrogens (tertiary/aromatic N) is 4. The van der Waals surface area contributed by atoms with Gasteiger partial charge in [0.2, 0.25) is 5.95 Å². The van der Waals surface area contributed by atoms with Gasteiger partial charge in [-0.3, -0.25) is 5.43 Å². The average molecular weight is 335 g/mol. The second-order valence-electron chi connectivity index (χ2n) is 4.57. The first-order chi connectivity index (χ1) is 9.70. The molecule has 7 heteroatoms. The summed E-state index contributed by atoms with van der Waals surface area (Å²) >= 11 is 3.51. The normalized spacial score (nSPS) is 14.2. The van der Waals surface area contributed by atoms with Crippen molar-refractivity contribution in [1.29, 1.82) is 0 Å². The zero-order valence-electron chi connectivity index (χ0n) is 11.0. The fourth-order valence-electron chi connectivity index (χ4n) is 2.34. The number of hydrogen-bond donors (Lipinski definition) is 2. The van der Waals surface area contributed by atoms with Crippen molar-refractivity contribution in [3.8, 4) is 0 Å². The Hall–Kier alpha value is -1.86. The number of nitrogens with one attached hydrogen (secondary N) is 1. The van der Waals surface area contributed by atoms with Crippen LogP contribution in [0.25, 0.3) is 0 Å². The molecule has 0 saturated heterocycles. The lowest BCUT2D eigenvalue weighted by Gasteiger charge is -2.36. The van der Waals surface area contributed by atoms with Crippen LogP contribution in [0.1, 0.15) is 0 Å². The number of nitrogen functional groups attached to an aromatic ring is 1. The van der Waals surface area contributed by atoms with Gasteiger partial charge in [0.15, 0.2) is 5.82 Å². The smallest absolute Gasteiger partial charge is 0.239 e. The van der Waals surface area contributed by atoms with Crippen LogP contribution in [0.5, 0.6) is 0 Å². The highest BCUT2D eigenvalue weighted by Crippen LogP contribution is 2.38. The van der Waals surface area contributed by atoms with Crippen LogP contribution >= 0.6 is 15.9 Å². The molecule has 0 bridgehead atoms. The third kappa shape index (κ3) is 2.19. The Labute approximate surface area is 125 Å². The van der Waals surface area contributed by atoms with Crippen molar-refractivity contribution < 1.29 is 0 Å². The lowest BCUT2D eigenvalue weighted by atomic mass is 10.2. The van der Waals surface area contributed by atoms with Gasteiger partial charge < -0.3 is 9.80 Å². The molecule has 3 rings (SSSR count). The van der Waals surface area contributed by atoms with E-state index in [4.69, 9.17) is 5.84 Å². The molecule has 0 fully saturated rings. The summed E-state index contributed by atoms with van der Waals surface area (Å²) in [4.78, 5) is 13.0. The van der Waals surface area contributed by atoms with Crippen LogP contribution in [0.4, 0.5) is 23.1 Å². The minimum absolute atomic E-state index is 0.402. The number of benzene rings is 1. The van der Waals surface area contributed by atoms with E-state index in [-0.39, 0.29) is 0 Å². The number of rotatable bonds is 2. The van der Waals surface area contributed by atoms with Gasteiger partial charge in [0, 0.05) is 26.3 Å². The quantitative estimate of drug-likeness (QED) is 0.647. The van der Waals surface area contributed by atoms with Gasteiger partial charge in [-0.1, -0.05) is 12.1 Å². The van der Waals surface area contributed by atoms with Gasteiger partial charge in [-0.15, -0.1) is 0 Å². The van der Waals surface area contributed by atoms with E-state index in [0.29, 0.717) is 5.95 Å². The van der Waals surface area contributed by atoms with Crippen LogP contribution < -0.4 is 21.1 Å². The molecule has 104 valence electrons. The maximum Gasteiger partial charge on any atom is 0.239 e. The molecular weight excluding hydrogens is 320 g/mol. The summed E-state index contributed by atoms with van der Waals surface area (Å²) in [6.45, 7) is 1.78. The summed E-state index contributed by atoms with van der Waals surface area (Å²) < 4.78 is 0.843. The highest BCUT2D eigenvalue weighted by Gasteiger charge is 2.23. The van der Waals surface area contributed by atoms with E-state index in [1.165, 1.54) is 5.69 Å². The van der Waals surface area contributed by atoms with Crippen molar-refractivity contribution >= 4 is 39.1 Å². The van der Waals surface area contributed by atoms with Crippen molar-refractivity contribution in [2.24, 2.45) is 5.84 Å². The summed E-state index contributed by atoms with van der Waals surface area (Å²) in [5.74, 6) is 6.61. The Morgan fingerprint density at radius 2 is 2.00 bits per heavy atom. The molecule has 3 N–H and O–H groups in total. The van der Waals surface area contributed by atoms with E-state index >= 15 is 0 Å². The molecule has 2 aromatic rings. The van der Waals surface area contributed by atoms with Gasteiger partial charge in [-0.05, 0) is 28.1 Å². The number of aromatic nitrogens is 2. The Kier molecular flexibility index (Phi) is 3.45. The van der Waals surface area contributed by atoms with E-state index in [9.17, 15) is 0 Å². The maximum atomic E-state index is 5.40. The van der Waals surface area contributed by atoms with Crippen molar-refractivity contribution in [2.45, 2.75) is 0 Å². The second-order valence-corrected chi connectivity index (χ2v) is 5.43. The molecule has 20 heavy (non-hydrogen) atoms. The predicted octanol–water partition coefficient (Wildman–Crippen LogP) is 2.11. The number of nitrogens with two attached hydrogens (primary N) is 1. The van der Waals surface area contributed by atoms with Crippen LogP contribution in [0.2, 0.25) is 0 Å². The highest BCUT2D eigenvalue weighted by atomic mass is 79.9. The number of para-hydroxylation sites is 2. The zero-order chi connectivity index (χ0) is 14.1. The van der Waals surface area contributed by atoms with Crippen molar-refractivity contribution in [3.63, 3.8) is 0 Å². The lowest BCUT2D eigenvalue weighted by molar-refractivity contribution is 0.810. The molecule has 2 heterocycles. The summed E-state index contributed by atoms with van der Waals surface area (Å²) in [6, 6.07) is 8.27. The Morgan fingerprint density at radius 3 is 2.75 bits per heavy atom. The monoisotopic (exact) mass is 334 g/mol. The number of halogens is 1. The van der Waals surface area contributed by atoms with Crippen LogP contribution in [-0.2, 0) is 0 Å². The molecule has 1 aliphatic heterocycles. The van der Waals surface area contributed by atoms with E-state index in [1.54, 1.807) is 6.20 Å². The molecular formula is C13H15BrN6. The highest BCUT2D eigenvalue weighted by molar-refractivity contribution is 9.10. The largest absolute Gasteiger partial charge is 0.371 e. The minimum Gasteiger partial charge on any atom is -0.371 e. The van der Waals surface area contributed by atoms with Gasteiger partial charge in [0.1, 0.15) is 0 Å². The maximum absolute atomic E-state index is 5.40. The summed E-state index contributed by atoms with van der Waals surface area (Å²) in [6.07, 6.45) is 1.71. The van der Waals surface area contributed by atoms with Gasteiger partial charge in [-0.25, -0.2) is 10.8 Å². The van der Waals surface area contributed by atoms with Gasteiger partial charge in [-0.2, -0.15) is 4.98 Å². The van der Waals surface area contributed by atoms with Crippen LogP contribution in [0.15, 0.2) is 34.9 Å². The van der Waals surface area contributed by atoms with E-state index in [0.717, 1.165) is 29.1 Å². The molecule has 0 aliphatic carbocycles. The Morgan fingerprint density at radius 1 is 1.25 bits per heavy atom. The Bertz CT molecular complexity index is 632. The molecule has 6 nitrogen and oxygen atoms in total. The number of likely N-dealkylation sites (N-methyl/N-ethyl adjacent to an activating group) is 1. The average Bonchev–Trinajstić information content (AvgIpc) is 2.49. The summed E-state index contributed by atoms with van der Waals surface area (Å²) in [5, 5.41) is 0. The number of hydrogen-bond acceptors (Lipinski definition) is 6. The molecule has 1 aromatic carbocycles. The topological polar surface area (TPSA) is 70.3 Å². The SMILES string of the molecule is CN1CCN(c2nc(NN)ncc2Br)c2ccccc21. The van der Waals surface area contributed by atoms with Gasteiger partial charge in [0.25, 0.3) is 0 Å². The number of fused-ring (bicyclic) bond motifs is 1. The first kappa shape index (κ1) is 13.1. The second kappa shape index (κ2) is 5.26. The van der Waals surface area contributed by atoms with Crippen LogP contribution in [0.3, 0.4) is 0 Å². The summed E-state index contributed by atoms with van der Waals surface area (Å²) in [7, 11) is 2.10. The molecule has 0 radical (unpaired) electrons. The van der Waals surface area contributed by atoms with Crippen molar-refractivity contribution in [3.05, 3.63) is 34.9 Å². The predicted molar refractivity (Wildman–Crippen MR) is 84.3 cm³/mol.